The zero-order chi connectivity index (χ0) is 16.9. The molecule has 0 radical (unpaired) electrons. The van der Waals surface area contributed by atoms with Crippen LogP contribution in [0.4, 0.5) is 0 Å². The lowest BCUT2D eigenvalue weighted by Crippen LogP contribution is -2.29. The van der Waals surface area contributed by atoms with Crippen molar-refractivity contribution in [3.63, 3.8) is 0 Å². The van der Waals surface area contributed by atoms with Gasteiger partial charge in [0, 0.05) is 5.57 Å². The molecule has 0 aromatic carbocycles. The molecular weight excluding hydrogens is 286 g/mol. The number of hydrogen-bond donors (Lipinski definition) is 2. The van der Waals surface area contributed by atoms with Crippen molar-refractivity contribution in [2.75, 3.05) is 14.1 Å². The molecular formula is C12H27NO6S. The van der Waals surface area contributed by atoms with Crippen LogP contribution in [0.3, 0.4) is 0 Å². The second-order valence-electron chi connectivity index (χ2n) is 4.17. The molecule has 0 aromatic rings. The minimum absolute atomic E-state index is 0.176. The Kier molecular flexibility index (Phi) is 15.7. The molecule has 8 heteroatoms. The average Bonchev–Trinajstić information content (AvgIpc) is 2.27. The minimum atomic E-state index is -4.31. The van der Waals surface area contributed by atoms with Crippen LogP contribution in [0.5, 0.6) is 0 Å². The lowest BCUT2D eigenvalue weighted by molar-refractivity contribution is -0.132. The number of carboxylic acid groups (broad SMARTS) is 1. The molecule has 0 aliphatic carbocycles. The van der Waals surface area contributed by atoms with Crippen LogP contribution in [0.2, 0.25) is 0 Å². The summed E-state index contributed by atoms with van der Waals surface area (Å²) in [5.41, 5.74) is 0.176. The molecule has 0 saturated heterocycles. The van der Waals surface area contributed by atoms with Crippen molar-refractivity contribution in [2.45, 2.75) is 46.8 Å². The van der Waals surface area contributed by atoms with E-state index in [4.69, 9.17) is 9.66 Å². The number of carboxylic acids is 1. The molecule has 20 heavy (non-hydrogen) atoms. The smallest absolute Gasteiger partial charge is 0.398 e. The normalized spacial score (nSPS) is 11.6. The van der Waals surface area contributed by atoms with E-state index in [-0.39, 0.29) is 5.57 Å². The molecule has 0 spiro atoms. The summed E-state index contributed by atoms with van der Waals surface area (Å²) < 4.78 is 32.4. The topological polar surface area (TPSA) is 104 Å². The van der Waals surface area contributed by atoms with Crippen LogP contribution >= 0.6 is 0 Å². The third-order valence-corrected chi connectivity index (χ3v) is 2.37. The second-order valence-corrected chi connectivity index (χ2v) is 5.22. The van der Waals surface area contributed by atoms with Gasteiger partial charge in [-0.05, 0) is 27.9 Å². The van der Waals surface area contributed by atoms with Gasteiger partial charge in [0.2, 0.25) is 0 Å². The van der Waals surface area contributed by atoms with E-state index in [1.165, 1.54) is 31.6 Å². The van der Waals surface area contributed by atoms with E-state index in [9.17, 15) is 13.2 Å². The van der Waals surface area contributed by atoms with Gasteiger partial charge in [-0.1, -0.05) is 33.3 Å². The molecule has 1 unspecified atom stereocenters. The number of carbonyl (C=O) groups is 1. The first kappa shape index (κ1) is 24.1. The molecule has 1 atom stereocenters. The third kappa shape index (κ3) is 25.8. The van der Waals surface area contributed by atoms with Gasteiger partial charge in [-0.2, -0.15) is 8.42 Å². The van der Waals surface area contributed by atoms with Crippen LogP contribution in [0.25, 0.3) is 0 Å². The Hall–Kier alpha value is -0.960. The Morgan fingerprint density at radius 3 is 1.65 bits per heavy atom. The predicted octanol–water partition coefficient (Wildman–Crippen LogP) is 2.17. The van der Waals surface area contributed by atoms with Crippen molar-refractivity contribution >= 4 is 16.4 Å². The van der Waals surface area contributed by atoms with Gasteiger partial charge in [-0.3, -0.25) is 9.45 Å². The van der Waals surface area contributed by atoms with Crippen molar-refractivity contribution in [2.24, 2.45) is 0 Å². The fourth-order valence-corrected chi connectivity index (χ4v) is 0.786. The summed E-state index contributed by atoms with van der Waals surface area (Å²) >= 11 is 0. The average molecular weight is 313 g/mol. The van der Waals surface area contributed by atoms with Gasteiger partial charge in [0.25, 0.3) is 0 Å². The Morgan fingerprint density at radius 1 is 1.30 bits per heavy atom. The van der Waals surface area contributed by atoms with Gasteiger partial charge in [0.05, 0.1) is 0 Å². The first-order valence-corrected chi connectivity index (χ1v) is 7.46. The molecule has 0 aliphatic rings. The van der Waals surface area contributed by atoms with E-state index < -0.39 is 22.6 Å². The standard InChI is InChI=1S/C4H11NO4S.C4H6O2.C4H10/c1-4(5(2)3)9-10(6,7)8;1-3(2)4(5)6;1-3-4-2/h4H,1-3H3,(H,6,7,8);1H2,2H3,(H,5,6);3-4H2,1-2H3. The van der Waals surface area contributed by atoms with E-state index >= 15 is 0 Å². The molecule has 0 rings (SSSR count). The highest BCUT2D eigenvalue weighted by molar-refractivity contribution is 7.80. The summed E-state index contributed by atoms with van der Waals surface area (Å²) in [5, 5.41) is 7.89. The van der Waals surface area contributed by atoms with E-state index in [0.29, 0.717) is 0 Å². The van der Waals surface area contributed by atoms with Gasteiger partial charge in [-0.25, -0.2) is 8.98 Å². The third-order valence-electron chi connectivity index (χ3n) is 1.85. The van der Waals surface area contributed by atoms with Crippen molar-refractivity contribution in [3.05, 3.63) is 12.2 Å². The Bertz CT molecular complexity index is 350. The SMILES string of the molecule is C=C(C)C(=O)O.CC(OS(=O)(=O)O)N(C)C.CCCC. The first-order chi connectivity index (χ1) is 8.88. The highest BCUT2D eigenvalue weighted by Crippen LogP contribution is 1.97. The highest BCUT2D eigenvalue weighted by atomic mass is 32.3. The van der Waals surface area contributed by atoms with Gasteiger partial charge < -0.3 is 5.11 Å². The Balaban J connectivity index is -0.000000246. The fraction of sp³-hybridized carbons (Fsp3) is 0.750. The van der Waals surface area contributed by atoms with Crippen LogP contribution in [-0.4, -0.2) is 49.3 Å². The van der Waals surface area contributed by atoms with Gasteiger partial charge in [0.1, 0.15) is 6.23 Å². The predicted molar refractivity (Wildman–Crippen MR) is 78.8 cm³/mol. The van der Waals surface area contributed by atoms with Crippen molar-refractivity contribution in [1.29, 1.82) is 0 Å². The molecule has 2 N–H and O–H groups in total. The zero-order valence-electron chi connectivity index (χ0n) is 13.1. The summed E-state index contributed by atoms with van der Waals surface area (Å²) in [7, 11) is -1.04. The van der Waals surface area contributed by atoms with Crippen LogP contribution in [0, 0.1) is 0 Å². The summed E-state index contributed by atoms with van der Waals surface area (Å²) in [6, 6.07) is 0. The van der Waals surface area contributed by atoms with Gasteiger partial charge in [-0.15, -0.1) is 0 Å². The zero-order valence-corrected chi connectivity index (χ0v) is 13.9. The maximum Gasteiger partial charge on any atom is 0.398 e. The monoisotopic (exact) mass is 313 g/mol. The summed E-state index contributed by atoms with van der Waals surface area (Å²) in [6.45, 7) is 10.5. The van der Waals surface area contributed by atoms with Crippen molar-refractivity contribution in [3.8, 4) is 0 Å². The highest BCUT2D eigenvalue weighted by Gasteiger charge is 2.12. The Morgan fingerprint density at radius 2 is 1.60 bits per heavy atom. The van der Waals surface area contributed by atoms with E-state index in [0.717, 1.165) is 0 Å². The van der Waals surface area contributed by atoms with E-state index in [2.05, 4.69) is 24.6 Å². The summed E-state index contributed by atoms with van der Waals surface area (Å²) in [6.07, 6.45) is 2.00. The van der Waals surface area contributed by atoms with Crippen molar-refractivity contribution in [1.82, 2.24) is 4.90 Å². The molecule has 0 aliphatic heterocycles. The lowest BCUT2D eigenvalue weighted by Gasteiger charge is -2.16. The Labute approximate surface area is 122 Å². The lowest BCUT2D eigenvalue weighted by atomic mass is 10.4. The molecule has 0 saturated carbocycles. The van der Waals surface area contributed by atoms with E-state index in [1.807, 2.05) is 0 Å². The van der Waals surface area contributed by atoms with E-state index in [1.54, 1.807) is 14.1 Å². The molecule has 0 aromatic heterocycles. The number of nitrogens with zero attached hydrogens (tertiary/aromatic N) is 1. The molecule has 0 fully saturated rings. The second kappa shape index (κ2) is 13.0. The molecule has 0 heterocycles. The van der Waals surface area contributed by atoms with Crippen LogP contribution in [-0.2, 0) is 19.4 Å². The number of aliphatic carboxylic acids is 1. The molecule has 0 bridgehead atoms. The molecule has 7 nitrogen and oxygen atoms in total. The largest absolute Gasteiger partial charge is 0.478 e. The number of hydrogen-bond acceptors (Lipinski definition) is 5. The fourth-order valence-electron chi connectivity index (χ4n) is 0.262. The molecule has 0 amide bonds. The summed E-state index contributed by atoms with van der Waals surface area (Å²) in [5.74, 6) is -0.935. The minimum Gasteiger partial charge on any atom is -0.478 e. The van der Waals surface area contributed by atoms with Crippen LogP contribution < -0.4 is 0 Å². The van der Waals surface area contributed by atoms with Gasteiger partial charge in [0.15, 0.2) is 0 Å². The molecule has 122 valence electrons. The quantitative estimate of drug-likeness (QED) is 0.455. The van der Waals surface area contributed by atoms with Crippen LogP contribution in [0.15, 0.2) is 12.2 Å². The first-order valence-electron chi connectivity index (χ1n) is 6.09. The number of rotatable bonds is 5. The maximum absolute atomic E-state index is 10.1. The van der Waals surface area contributed by atoms with Crippen molar-refractivity contribution < 1.29 is 27.1 Å². The van der Waals surface area contributed by atoms with Gasteiger partial charge >= 0.3 is 16.4 Å². The number of unbranched alkanes of at least 4 members (excludes halogenated alkanes) is 1. The summed E-state index contributed by atoms with van der Waals surface area (Å²) in [4.78, 5) is 11.1. The van der Waals surface area contributed by atoms with Crippen LogP contribution in [0.1, 0.15) is 40.5 Å². The maximum atomic E-state index is 10.1.